The van der Waals surface area contributed by atoms with E-state index < -0.39 is 17.1 Å². The molecule has 1 aliphatic rings. The van der Waals surface area contributed by atoms with Gasteiger partial charge in [-0.2, -0.15) is 0 Å². The van der Waals surface area contributed by atoms with Gasteiger partial charge < -0.3 is 14.7 Å². The predicted molar refractivity (Wildman–Crippen MR) is 76.2 cm³/mol. The molecule has 0 saturated carbocycles. The van der Waals surface area contributed by atoms with Crippen molar-refractivity contribution < 1.29 is 19.6 Å². The molecule has 1 saturated heterocycles. The maximum atomic E-state index is 12.0. The van der Waals surface area contributed by atoms with E-state index in [0.717, 1.165) is 0 Å². The summed E-state index contributed by atoms with van der Waals surface area (Å²) in [6, 6.07) is 4.11. The lowest BCUT2D eigenvalue weighted by atomic mass is 10.1. The molecule has 0 unspecified atom stereocenters. The Morgan fingerprint density at radius 2 is 2.29 bits per heavy atom. The maximum Gasteiger partial charge on any atom is 0.328 e. The van der Waals surface area contributed by atoms with Crippen molar-refractivity contribution in [2.45, 2.75) is 32.4 Å². The molecule has 7 heteroatoms. The lowest BCUT2D eigenvalue weighted by Gasteiger charge is -2.25. The second-order valence-corrected chi connectivity index (χ2v) is 5.04. The van der Waals surface area contributed by atoms with Crippen LogP contribution in [0.4, 0.5) is 11.4 Å². The number of nitrogens with zero attached hydrogens (tertiary/aromatic N) is 2. The highest BCUT2D eigenvalue weighted by Gasteiger charge is 2.37. The van der Waals surface area contributed by atoms with Crippen molar-refractivity contribution in [2.24, 2.45) is 0 Å². The number of anilines is 1. The molecular weight excluding hydrogens is 276 g/mol. The SMILES string of the molecule is CCOC(=O)[C@H]1C[C@@H](O)CN1c1ccc([N+](=O)[O-])c(C)c1. The van der Waals surface area contributed by atoms with E-state index >= 15 is 0 Å². The van der Waals surface area contributed by atoms with Crippen LogP contribution in [0.2, 0.25) is 0 Å². The average Bonchev–Trinajstić information content (AvgIpc) is 2.80. The molecule has 0 amide bonds. The molecule has 1 fully saturated rings. The molecule has 1 aromatic rings. The van der Waals surface area contributed by atoms with Gasteiger partial charge in [0.2, 0.25) is 0 Å². The predicted octanol–water partition coefficient (Wildman–Crippen LogP) is 1.41. The zero-order chi connectivity index (χ0) is 15.6. The van der Waals surface area contributed by atoms with Crippen molar-refractivity contribution in [3.8, 4) is 0 Å². The topological polar surface area (TPSA) is 92.9 Å². The van der Waals surface area contributed by atoms with E-state index in [9.17, 15) is 20.0 Å². The van der Waals surface area contributed by atoms with Crippen LogP contribution in [0.1, 0.15) is 18.9 Å². The van der Waals surface area contributed by atoms with Crippen LogP contribution in [0.15, 0.2) is 18.2 Å². The van der Waals surface area contributed by atoms with Crippen LogP contribution in [0.5, 0.6) is 0 Å². The third-order valence-corrected chi connectivity index (χ3v) is 3.55. The van der Waals surface area contributed by atoms with Gasteiger partial charge in [0, 0.05) is 30.3 Å². The van der Waals surface area contributed by atoms with Gasteiger partial charge in [0.15, 0.2) is 0 Å². The van der Waals surface area contributed by atoms with E-state index in [1.165, 1.54) is 6.07 Å². The number of aryl methyl sites for hydroxylation is 1. The third-order valence-electron chi connectivity index (χ3n) is 3.55. The number of carbonyl (C=O) groups excluding carboxylic acids is 1. The molecule has 0 aromatic heterocycles. The van der Waals surface area contributed by atoms with Crippen molar-refractivity contribution in [2.75, 3.05) is 18.1 Å². The van der Waals surface area contributed by atoms with E-state index in [1.54, 1.807) is 30.9 Å². The third kappa shape index (κ3) is 3.13. The normalized spacial score (nSPS) is 21.4. The average molecular weight is 294 g/mol. The van der Waals surface area contributed by atoms with Crippen LogP contribution in [0, 0.1) is 17.0 Å². The Labute approximate surface area is 122 Å². The zero-order valence-corrected chi connectivity index (χ0v) is 12.0. The van der Waals surface area contributed by atoms with Crippen molar-refractivity contribution in [1.29, 1.82) is 0 Å². The number of carbonyl (C=O) groups is 1. The summed E-state index contributed by atoms with van der Waals surface area (Å²) in [6.07, 6.45) is -0.315. The van der Waals surface area contributed by atoms with Gasteiger partial charge in [-0.3, -0.25) is 10.1 Å². The number of nitro benzene ring substituents is 1. The van der Waals surface area contributed by atoms with Crippen LogP contribution in [0.25, 0.3) is 0 Å². The molecule has 0 spiro atoms. The summed E-state index contributed by atoms with van der Waals surface area (Å²) in [5.74, 6) is -0.384. The molecule has 2 rings (SSSR count). The zero-order valence-electron chi connectivity index (χ0n) is 12.0. The molecule has 1 aromatic carbocycles. The monoisotopic (exact) mass is 294 g/mol. The second-order valence-electron chi connectivity index (χ2n) is 5.04. The van der Waals surface area contributed by atoms with Crippen molar-refractivity contribution in [1.82, 2.24) is 0 Å². The number of benzene rings is 1. The fourth-order valence-electron chi connectivity index (χ4n) is 2.58. The van der Waals surface area contributed by atoms with Gasteiger partial charge in [-0.25, -0.2) is 4.79 Å². The highest BCUT2D eigenvalue weighted by Crippen LogP contribution is 2.30. The largest absolute Gasteiger partial charge is 0.464 e. The van der Waals surface area contributed by atoms with Gasteiger partial charge in [0.1, 0.15) is 6.04 Å². The Morgan fingerprint density at radius 3 is 2.86 bits per heavy atom. The van der Waals surface area contributed by atoms with Crippen molar-refractivity contribution in [3.63, 3.8) is 0 Å². The Morgan fingerprint density at radius 1 is 1.57 bits per heavy atom. The lowest BCUT2D eigenvalue weighted by Crippen LogP contribution is -2.37. The van der Waals surface area contributed by atoms with Crippen molar-refractivity contribution in [3.05, 3.63) is 33.9 Å². The number of rotatable bonds is 4. The van der Waals surface area contributed by atoms with Gasteiger partial charge in [-0.05, 0) is 26.0 Å². The smallest absolute Gasteiger partial charge is 0.328 e. The van der Waals surface area contributed by atoms with Gasteiger partial charge >= 0.3 is 5.97 Å². The summed E-state index contributed by atoms with van der Waals surface area (Å²) in [6.45, 7) is 3.95. The van der Waals surface area contributed by atoms with E-state index in [-0.39, 0.29) is 18.3 Å². The number of nitro groups is 1. The molecule has 7 nitrogen and oxygen atoms in total. The van der Waals surface area contributed by atoms with Crippen molar-refractivity contribution >= 4 is 17.3 Å². The maximum absolute atomic E-state index is 12.0. The van der Waals surface area contributed by atoms with E-state index in [4.69, 9.17) is 4.74 Å². The minimum atomic E-state index is -0.616. The first-order chi connectivity index (χ1) is 9.93. The second kappa shape index (κ2) is 6.09. The number of esters is 1. The fourth-order valence-corrected chi connectivity index (χ4v) is 2.58. The number of hydrogen-bond acceptors (Lipinski definition) is 6. The van der Waals surface area contributed by atoms with Crippen LogP contribution in [-0.2, 0) is 9.53 Å². The Kier molecular flexibility index (Phi) is 4.42. The number of β-amino-alcohol motifs (C(OH)–C–C–N with tert-alkyl or cyclic N) is 1. The first-order valence-corrected chi connectivity index (χ1v) is 6.80. The summed E-state index contributed by atoms with van der Waals surface area (Å²) < 4.78 is 5.02. The minimum absolute atomic E-state index is 0.0335. The number of ether oxygens (including phenoxy) is 1. The number of aliphatic hydroxyl groups is 1. The highest BCUT2D eigenvalue weighted by atomic mass is 16.6. The first kappa shape index (κ1) is 15.2. The highest BCUT2D eigenvalue weighted by molar-refractivity contribution is 5.81. The van der Waals surface area contributed by atoms with Crippen LogP contribution in [-0.4, -0.2) is 41.3 Å². The summed E-state index contributed by atoms with van der Waals surface area (Å²) in [7, 11) is 0. The summed E-state index contributed by atoms with van der Waals surface area (Å²) >= 11 is 0. The number of hydrogen-bond donors (Lipinski definition) is 1. The Balaban J connectivity index is 2.28. The molecule has 1 heterocycles. The molecule has 114 valence electrons. The van der Waals surface area contributed by atoms with E-state index in [1.807, 2.05) is 0 Å². The van der Waals surface area contributed by atoms with Gasteiger partial charge in [0.25, 0.3) is 5.69 Å². The molecule has 21 heavy (non-hydrogen) atoms. The molecule has 1 N–H and O–H groups in total. The minimum Gasteiger partial charge on any atom is -0.464 e. The van der Waals surface area contributed by atoms with Crippen LogP contribution < -0.4 is 4.90 Å². The summed E-state index contributed by atoms with van der Waals surface area (Å²) in [5, 5.41) is 20.6. The van der Waals surface area contributed by atoms with E-state index in [0.29, 0.717) is 24.2 Å². The molecule has 0 radical (unpaired) electrons. The Hall–Kier alpha value is -2.15. The summed E-state index contributed by atoms with van der Waals surface area (Å²) in [4.78, 5) is 24.1. The lowest BCUT2D eigenvalue weighted by molar-refractivity contribution is -0.385. The van der Waals surface area contributed by atoms with Crippen LogP contribution >= 0.6 is 0 Å². The van der Waals surface area contributed by atoms with Gasteiger partial charge in [-0.15, -0.1) is 0 Å². The fraction of sp³-hybridized carbons (Fsp3) is 0.500. The quantitative estimate of drug-likeness (QED) is 0.512. The molecule has 0 aliphatic carbocycles. The standard InChI is InChI=1S/C14H18N2O5/c1-3-21-14(18)13-7-11(17)8-15(13)10-4-5-12(16(19)20)9(2)6-10/h4-6,11,13,17H,3,7-8H2,1-2H3/t11-,13-/m1/s1. The van der Waals surface area contributed by atoms with Crippen LogP contribution in [0.3, 0.4) is 0 Å². The molecule has 2 atom stereocenters. The van der Waals surface area contributed by atoms with Gasteiger partial charge in [0.05, 0.1) is 17.6 Å². The summed E-state index contributed by atoms with van der Waals surface area (Å²) in [5.41, 5.74) is 1.22. The van der Waals surface area contributed by atoms with E-state index in [2.05, 4.69) is 0 Å². The number of aliphatic hydroxyl groups excluding tert-OH is 1. The Bertz CT molecular complexity index is 560. The molecular formula is C14H18N2O5. The molecule has 0 bridgehead atoms. The van der Waals surface area contributed by atoms with Gasteiger partial charge in [-0.1, -0.05) is 0 Å². The first-order valence-electron chi connectivity index (χ1n) is 6.80. The molecule has 1 aliphatic heterocycles.